The molecule has 0 radical (unpaired) electrons. The van der Waals surface area contributed by atoms with Gasteiger partial charge in [0.05, 0.1) is 0 Å². The second kappa shape index (κ2) is 67.3. The molecule has 0 amide bonds. The molecule has 456 valence electrons. The van der Waals surface area contributed by atoms with Crippen molar-refractivity contribution in [2.75, 3.05) is 13.2 Å². The fourth-order valence-corrected chi connectivity index (χ4v) is 9.18. The van der Waals surface area contributed by atoms with Gasteiger partial charge in [-0.1, -0.05) is 303 Å². The van der Waals surface area contributed by atoms with E-state index in [1.807, 2.05) is 0 Å². The van der Waals surface area contributed by atoms with Crippen LogP contribution in [0.25, 0.3) is 0 Å². The molecule has 0 heterocycles. The Morgan fingerprint density at radius 3 is 0.825 bits per heavy atom. The van der Waals surface area contributed by atoms with Crippen LogP contribution in [0.4, 0.5) is 0 Å². The molecule has 0 saturated heterocycles. The molecule has 1 unspecified atom stereocenters. The maximum Gasteiger partial charge on any atom is 0.306 e. The van der Waals surface area contributed by atoms with Crippen molar-refractivity contribution in [1.29, 1.82) is 0 Å². The van der Waals surface area contributed by atoms with Gasteiger partial charge in [0.25, 0.3) is 0 Å². The first-order chi connectivity index (χ1) is 39.5. The van der Waals surface area contributed by atoms with Gasteiger partial charge in [-0.15, -0.1) is 0 Å². The van der Waals surface area contributed by atoms with Crippen LogP contribution in [0.1, 0.15) is 310 Å². The smallest absolute Gasteiger partial charge is 0.306 e. The van der Waals surface area contributed by atoms with Crippen molar-refractivity contribution < 1.29 is 28.6 Å². The molecule has 0 N–H and O–H groups in total. The van der Waals surface area contributed by atoms with Crippen LogP contribution in [-0.2, 0) is 28.6 Å². The minimum absolute atomic E-state index is 0.0925. The zero-order valence-electron chi connectivity index (χ0n) is 52.3. The number of carbonyl (C=O) groups is 3. The molecule has 0 aromatic heterocycles. The predicted molar refractivity (Wildman–Crippen MR) is 348 cm³/mol. The standard InChI is InChI=1S/C74H124O6/c1-4-7-10-13-16-19-22-24-26-28-30-32-33-34-35-36-37-38-39-40-41-42-44-45-47-49-52-55-58-61-64-67-73(76)79-70-71(69-78-72(75)66-63-60-57-54-51-21-18-15-12-9-6-3)80-74(77)68-65-62-59-56-53-50-48-46-43-31-29-27-25-23-20-17-14-11-8-5-2/h7,10,15-16,18-19,24,26,30,32,34-35,37-38,40-41,44-45,49,52,71H,4-6,8-9,11-14,17,20-23,25,27-29,31,33,36,39,42-43,46-48,50-51,53-70H2,1-3H3/b10-7-,18-15-,19-16-,26-24-,32-30-,35-34-,38-37-,41-40-,45-44-,52-49-. The lowest BCUT2D eigenvalue weighted by Gasteiger charge is -2.18. The van der Waals surface area contributed by atoms with Crippen LogP contribution >= 0.6 is 0 Å². The Balaban J connectivity index is 4.33. The molecular weight excluding hydrogens is 985 g/mol. The fraction of sp³-hybridized carbons (Fsp3) is 0.689. The normalized spacial score (nSPS) is 12.9. The molecule has 0 spiro atoms. The second-order valence-corrected chi connectivity index (χ2v) is 22.0. The summed E-state index contributed by atoms with van der Waals surface area (Å²) in [7, 11) is 0. The summed E-state index contributed by atoms with van der Waals surface area (Å²) in [5.41, 5.74) is 0. The largest absolute Gasteiger partial charge is 0.462 e. The van der Waals surface area contributed by atoms with Crippen LogP contribution < -0.4 is 0 Å². The third kappa shape index (κ3) is 64.6. The molecule has 0 aliphatic heterocycles. The van der Waals surface area contributed by atoms with E-state index in [0.29, 0.717) is 19.3 Å². The monoisotopic (exact) mass is 1110 g/mol. The lowest BCUT2D eigenvalue weighted by Crippen LogP contribution is -2.30. The van der Waals surface area contributed by atoms with Crippen molar-refractivity contribution in [1.82, 2.24) is 0 Å². The number of esters is 3. The van der Waals surface area contributed by atoms with E-state index in [1.54, 1.807) is 0 Å². The van der Waals surface area contributed by atoms with Crippen molar-refractivity contribution in [3.05, 3.63) is 122 Å². The van der Waals surface area contributed by atoms with E-state index in [2.05, 4.69) is 142 Å². The summed E-state index contributed by atoms with van der Waals surface area (Å²) in [5, 5.41) is 0. The third-order valence-electron chi connectivity index (χ3n) is 14.2. The number of unbranched alkanes of at least 4 members (excludes halogenated alkanes) is 29. The molecule has 0 fully saturated rings. The molecule has 0 bridgehead atoms. The first kappa shape index (κ1) is 75.8. The quantitative estimate of drug-likeness (QED) is 0.0261. The first-order valence-electron chi connectivity index (χ1n) is 33.5. The van der Waals surface area contributed by atoms with Crippen molar-refractivity contribution in [3.63, 3.8) is 0 Å². The van der Waals surface area contributed by atoms with Crippen molar-refractivity contribution in [2.45, 2.75) is 316 Å². The molecule has 1 atom stereocenters. The molecule has 0 aromatic carbocycles. The highest BCUT2D eigenvalue weighted by molar-refractivity contribution is 5.71. The molecule has 6 nitrogen and oxygen atoms in total. The Hall–Kier alpha value is -4.19. The predicted octanol–water partition coefficient (Wildman–Crippen LogP) is 23.2. The Morgan fingerprint density at radius 1 is 0.263 bits per heavy atom. The van der Waals surface area contributed by atoms with Gasteiger partial charge in [0, 0.05) is 19.3 Å². The SMILES string of the molecule is CC/C=C\C/C=C\C/C=C\C/C=C\C/C=C\C/C=C\C/C=C\C/C=C\C/C=C\CCCCCC(=O)OCC(COC(=O)CCCCCCC/C=C\CCCC)OC(=O)CCCCCCCCCCCCCCCCCCCCCC. The van der Waals surface area contributed by atoms with Gasteiger partial charge in [-0.3, -0.25) is 14.4 Å². The lowest BCUT2D eigenvalue weighted by molar-refractivity contribution is -0.167. The van der Waals surface area contributed by atoms with Crippen LogP contribution in [0.2, 0.25) is 0 Å². The number of hydrogen-bond donors (Lipinski definition) is 0. The summed E-state index contributed by atoms with van der Waals surface area (Å²) in [6.45, 7) is 6.48. The molecule has 0 aromatic rings. The van der Waals surface area contributed by atoms with E-state index in [9.17, 15) is 14.4 Å². The highest BCUT2D eigenvalue weighted by atomic mass is 16.6. The molecular formula is C74H124O6. The molecule has 0 rings (SSSR count). The van der Waals surface area contributed by atoms with Gasteiger partial charge in [0.1, 0.15) is 13.2 Å². The van der Waals surface area contributed by atoms with Gasteiger partial charge in [0.15, 0.2) is 6.10 Å². The van der Waals surface area contributed by atoms with Gasteiger partial charge < -0.3 is 14.2 Å². The van der Waals surface area contributed by atoms with Gasteiger partial charge in [-0.05, 0) is 109 Å². The topological polar surface area (TPSA) is 78.9 Å². The molecule has 80 heavy (non-hydrogen) atoms. The summed E-state index contributed by atoms with van der Waals surface area (Å²) in [4.78, 5) is 38.3. The maximum absolute atomic E-state index is 12.9. The summed E-state index contributed by atoms with van der Waals surface area (Å²) >= 11 is 0. The van der Waals surface area contributed by atoms with Gasteiger partial charge in [-0.2, -0.15) is 0 Å². The van der Waals surface area contributed by atoms with E-state index in [1.165, 1.54) is 135 Å². The number of hydrogen-bond acceptors (Lipinski definition) is 6. The van der Waals surface area contributed by atoms with E-state index in [-0.39, 0.29) is 31.1 Å². The summed E-state index contributed by atoms with van der Waals surface area (Å²) < 4.78 is 16.9. The minimum Gasteiger partial charge on any atom is -0.462 e. The van der Waals surface area contributed by atoms with Crippen LogP contribution in [0.15, 0.2) is 122 Å². The van der Waals surface area contributed by atoms with Crippen LogP contribution in [0.3, 0.4) is 0 Å². The van der Waals surface area contributed by atoms with Gasteiger partial charge in [0.2, 0.25) is 0 Å². The summed E-state index contributed by atoms with van der Waals surface area (Å²) in [6.07, 6.45) is 93.6. The number of ether oxygens (including phenoxy) is 3. The van der Waals surface area contributed by atoms with Gasteiger partial charge in [-0.25, -0.2) is 0 Å². The second-order valence-electron chi connectivity index (χ2n) is 22.0. The van der Waals surface area contributed by atoms with Gasteiger partial charge >= 0.3 is 17.9 Å². The summed E-state index contributed by atoms with van der Waals surface area (Å²) in [6, 6.07) is 0. The van der Waals surface area contributed by atoms with E-state index < -0.39 is 6.10 Å². The molecule has 6 heteroatoms. The van der Waals surface area contributed by atoms with Crippen LogP contribution in [0.5, 0.6) is 0 Å². The Bertz CT molecular complexity index is 1650. The Morgan fingerprint density at radius 2 is 0.500 bits per heavy atom. The average Bonchev–Trinajstić information content (AvgIpc) is 3.46. The number of allylic oxidation sites excluding steroid dienone is 20. The fourth-order valence-electron chi connectivity index (χ4n) is 9.18. The van der Waals surface area contributed by atoms with Crippen molar-refractivity contribution in [2.24, 2.45) is 0 Å². The van der Waals surface area contributed by atoms with E-state index >= 15 is 0 Å². The highest BCUT2D eigenvalue weighted by Gasteiger charge is 2.19. The Kier molecular flexibility index (Phi) is 63.8. The molecule has 0 saturated carbocycles. The number of carbonyl (C=O) groups excluding carboxylic acids is 3. The lowest BCUT2D eigenvalue weighted by atomic mass is 10.0. The average molecular weight is 1110 g/mol. The summed E-state index contributed by atoms with van der Waals surface area (Å²) in [5.74, 6) is -0.927. The highest BCUT2D eigenvalue weighted by Crippen LogP contribution is 2.17. The van der Waals surface area contributed by atoms with E-state index in [0.717, 1.165) is 135 Å². The first-order valence-corrected chi connectivity index (χ1v) is 33.5. The molecule has 0 aliphatic rings. The minimum atomic E-state index is -0.797. The maximum atomic E-state index is 12.9. The Labute approximate surface area is 494 Å². The van der Waals surface area contributed by atoms with Crippen LogP contribution in [-0.4, -0.2) is 37.2 Å². The zero-order chi connectivity index (χ0) is 57.8. The van der Waals surface area contributed by atoms with Crippen LogP contribution in [0, 0.1) is 0 Å². The van der Waals surface area contributed by atoms with E-state index in [4.69, 9.17) is 14.2 Å². The molecule has 0 aliphatic carbocycles. The third-order valence-corrected chi connectivity index (χ3v) is 14.2. The van der Waals surface area contributed by atoms with Crippen molar-refractivity contribution in [3.8, 4) is 0 Å². The zero-order valence-corrected chi connectivity index (χ0v) is 52.3. The van der Waals surface area contributed by atoms with Crippen molar-refractivity contribution >= 4 is 17.9 Å². The number of rotatable bonds is 60.